The molecule has 2 nitrogen and oxygen atoms in total. The van der Waals surface area contributed by atoms with Crippen molar-refractivity contribution >= 4 is 0 Å². The number of aliphatic hydroxyl groups is 1. The molecule has 2 atom stereocenters. The van der Waals surface area contributed by atoms with Gasteiger partial charge in [0.25, 0.3) is 0 Å². The van der Waals surface area contributed by atoms with Gasteiger partial charge < -0.3 is 9.84 Å². The van der Waals surface area contributed by atoms with Crippen molar-refractivity contribution < 1.29 is 9.84 Å². The van der Waals surface area contributed by atoms with E-state index in [4.69, 9.17) is 9.84 Å². The summed E-state index contributed by atoms with van der Waals surface area (Å²) in [7, 11) is 1.74. The van der Waals surface area contributed by atoms with Crippen molar-refractivity contribution in [3.8, 4) is 0 Å². The number of hydrogen-bond acceptors (Lipinski definition) is 2. The maximum Gasteiger partial charge on any atom is 0.0575 e. The van der Waals surface area contributed by atoms with Gasteiger partial charge in [-0.2, -0.15) is 0 Å². The van der Waals surface area contributed by atoms with Gasteiger partial charge in [-0.25, -0.2) is 0 Å². The van der Waals surface area contributed by atoms with Crippen molar-refractivity contribution in [2.24, 2.45) is 5.92 Å². The molecule has 0 spiro atoms. The summed E-state index contributed by atoms with van der Waals surface area (Å²) in [6.07, 6.45) is 3.73. The van der Waals surface area contributed by atoms with Crippen molar-refractivity contribution in [3.05, 3.63) is 0 Å². The first-order chi connectivity index (χ1) is 4.36. The molecule has 0 amide bonds. The van der Waals surface area contributed by atoms with Gasteiger partial charge in [0.1, 0.15) is 0 Å². The lowest BCUT2D eigenvalue weighted by Crippen LogP contribution is -2.06. The summed E-state index contributed by atoms with van der Waals surface area (Å²) in [6.45, 7) is 0.333. The molecule has 1 aliphatic carbocycles. The highest BCUT2D eigenvalue weighted by Crippen LogP contribution is 2.26. The molecule has 1 saturated carbocycles. The topological polar surface area (TPSA) is 29.5 Å². The number of ether oxygens (including phenoxy) is 1. The fourth-order valence-electron chi connectivity index (χ4n) is 1.41. The Hall–Kier alpha value is -0.0800. The number of rotatable bonds is 2. The molecule has 1 rings (SSSR count). The molecule has 0 aromatic rings. The number of methoxy groups -OCH3 is 1. The van der Waals surface area contributed by atoms with Gasteiger partial charge in [-0.3, -0.25) is 0 Å². The Labute approximate surface area is 55.8 Å². The van der Waals surface area contributed by atoms with Gasteiger partial charge in [0.05, 0.1) is 6.10 Å². The Morgan fingerprint density at radius 3 is 2.67 bits per heavy atom. The largest absolute Gasteiger partial charge is 0.396 e. The maximum atomic E-state index is 8.72. The third-order valence-corrected chi connectivity index (χ3v) is 2.08. The zero-order chi connectivity index (χ0) is 6.69. The molecule has 0 aromatic carbocycles. The van der Waals surface area contributed by atoms with E-state index in [1.54, 1.807) is 7.11 Å². The van der Waals surface area contributed by atoms with E-state index in [2.05, 4.69) is 0 Å². The monoisotopic (exact) mass is 130 g/mol. The van der Waals surface area contributed by atoms with E-state index < -0.39 is 0 Å². The molecule has 54 valence electrons. The van der Waals surface area contributed by atoms with Gasteiger partial charge in [-0.1, -0.05) is 0 Å². The van der Waals surface area contributed by atoms with Gasteiger partial charge in [0, 0.05) is 13.7 Å². The molecule has 0 bridgehead atoms. The zero-order valence-corrected chi connectivity index (χ0v) is 5.84. The average Bonchev–Trinajstić information content (AvgIpc) is 2.34. The minimum Gasteiger partial charge on any atom is -0.396 e. The standard InChI is InChI=1S/C7H14O2/c1-9-7-3-2-6(4-7)5-8/h6-8H,2-5H2,1H3/t6-,7-/m0/s1. The summed E-state index contributed by atoms with van der Waals surface area (Å²) in [5, 5.41) is 8.72. The summed E-state index contributed by atoms with van der Waals surface area (Å²) < 4.78 is 5.13. The lowest BCUT2D eigenvalue weighted by atomic mass is 10.1. The molecular weight excluding hydrogens is 116 g/mol. The summed E-state index contributed by atoms with van der Waals surface area (Å²) in [5.74, 6) is 0.509. The molecule has 1 aliphatic rings. The van der Waals surface area contributed by atoms with Crippen LogP contribution >= 0.6 is 0 Å². The molecule has 0 radical (unpaired) electrons. The summed E-state index contributed by atoms with van der Waals surface area (Å²) >= 11 is 0. The van der Waals surface area contributed by atoms with E-state index in [-0.39, 0.29) is 0 Å². The van der Waals surface area contributed by atoms with E-state index in [9.17, 15) is 0 Å². The van der Waals surface area contributed by atoms with E-state index in [1.807, 2.05) is 0 Å². The van der Waals surface area contributed by atoms with Gasteiger partial charge in [-0.15, -0.1) is 0 Å². The Kier molecular flexibility index (Phi) is 2.49. The van der Waals surface area contributed by atoms with Gasteiger partial charge in [-0.05, 0) is 25.2 Å². The zero-order valence-electron chi connectivity index (χ0n) is 5.84. The third-order valence-electron chi connectivity index (χ3n) is 2.08. The lowest BCUT2D eigenvalue weighted by Gasteiger charge is -2.05. The quantitative estimate of drug-likeness (QED) is 0.599. The first kappa shape index (κ1) is 7.03. The summed E-state index contributed by atoms with van der Waals surface area (Å²) in [6, 6.07) is 0. The SMILES string of the molecule is CO[C@H]1CC[C@H](CO)C1. The van der Waals surface area contributed by atoms with Gasteiger partial charge >= 0.3 is 0 Å². The van der Waals surface area contributed by atoms with Gasteiger partial charge in [0.2, 0.25) is 0 Å². The maximum absolute atomic E-state index is 8.72. The number of hydrogen-bond donors (Lipinski definition) is 1. The Morgan fingerprint density at radius 1 is 1.56 bits per heavy atom. The second-order valence-electron chi connectivity index (χ2n) is 2.72. The van der Waals surface area contributed by atoms with Crippen LogP contribution in [0.25, 0.3) is 0 Å². The minimum absolute atomic E-state index is 0.333. The van der Waals surface area contributed by atoms with Crippen LogP contribution in [-0.2, 0) is 4.74 Å². The van der Waals surface area contributed by atoms with Crippen molar-refractivity contribution in [3.63, 3.8) is 0 Å². The minimum atomic E-state index is 0.333. The van der Waals surface area contributed by atoms with Crippen LogP contribution in [0.4, 0.5) is 0 Å². The molecular formula is C7H14O2. The van der Waals surface area contributed by atoms with E-state index in [1.165, 1.54) is 0 Å². The molecule has 0 aliphatic heterocycles. The highest BCUT2D eigenvalue weighted by molar-refractivity contribution is 4.74. The van der Waals surface area contributed by atoms with Crippen LogP contribution in [0, 0.1) is 5.92 Å². The van der Waals surface area contributed by atoms with Gasteiger partial charge in [0.15, 0.2) is 0 Å². The predicted molar refractivity (Wildman–Crippen MR) is 35.2 cm³/mol. The second-order valence-corrected chi connectivity index (χ2v) is 2.72. The average molecular weight is 130 g/mol. The number of aliphatic hydroxyl groups excluding tert-OH is 1. The van der Waals surface area contributed by atoms with Crippen LogP contribution in [0.15, 0.2) is 0 Å². The second kappa shape index (κ2) is 3.18. The van der Waals surface area contributed by atoms with E-state index >= 15 is 0 Å². The van der Waals surface area contributed by atoms with Crippen LogP contribution in [-0.4, -0.2) is 24.9 Å². The van der Waals surface area contributed by atoms with Crippen LogP contribution in [0.2, 0.25) is 0 Å². The highest BCUT2D eigenvalue weighted by Gasteiger charge is 2.22. The first-order valence-corrected chi connectivity index (χ1v) is 3.50. The first-order valence-electron chi connectivity index (χ1n) is 3.50. The molecule has 1 N–H and O–H groups in total. The Balaban J connectivity index is 2.20. The lowest BCUT2D eigenvalue weighted by molar-refractivity contribution is 0.100. The Bertz CT molecular complexity index is 73.0. The molecule has 0 heterocycles. The molecule has 1 fully saturated rings. The smallest absolute Gasteiger partial charge is 0.0575 e. The van der Waals surface area contributed by atoms with Crippen molar-refractivity contribution in [2.45, 2.75) is 25.4 Å². The van der Waals surface area contributed by atoms with Crippen molar-refractivity contribution in [1.82, 2.24) is 0 Å². The van der Waals surface area contributed by atoms with Crippen molar-refractivity contribution in [1.29, 1.82) is 0 Å². The summed E-state index contributed by atoms with van der Waals surface area (Å²) in [4.78, 5) is 0. The van der Waals surface area contributed by atoms with Crippen molar-refractivity contribution in [2.75, 3.05) is 13.7 Å². The fraction of sp³-hybridized carbons (Fsp3) is 1.00. The van der Waals surface area contributed by atoms with E-state index in [0.717, 1.165) is 19.3 Å². The predicted octanol–water partition coefficient (Wildman–Crippen LogP) is 0.794. The van der Waals surface area contributed by atoms with Crippen LogP contribution in [0.3, 0.4) is 0 Å². The molecule has 0 aromatic heterocycles. The van der Waals surface area contributed by atoms with Crippen LogP contribution in [0.1, 0.15) is 19.3 Å². The molecule has 0 saturated heterocycles. The highest BCUT2D eigenvalue weighted by atomic mass is 16.5. The summed E-state index contributed by atoms with van der Waals surface area (Å²) in [5.41, 5.74) is 0. The van der Waals surface area contributed by atoms with Crippen LogP contribution in [0.5, 0.6) is 0 Å². The molecule has 9 heavy (non-hydrogen) atoms. The Morgan fingerprint density at radius 2 is 2.33 bits per heavy atom. The molecule has 2 heteroatoms. The molecule has 0 unspecified atom stereocenters. The normalized spacial score (nSPS) is 35.3. The third kappa shape index (κ3) is 1.66. The van der Waals surface area contributed by atoms with E-state index in [0.29, 0.717) is 18.6 Å². The van der Waals surface area contributed by atoms with Crippen LogP contribution < -0.4 is 0 Å². The fourth-order valence-corrected chi connectivity index (χ4v) is 1.41.